The van der Waals surface area contributed by atoms with E-state index in [1.807, 2.05) is 0 Å². The van der Waals surface area contributed by atoms with E-state index in [0.717, 1.165) is 6.20 Å². The molecule has 7 heteroatoms. The fourth-order valence-corrected chi connectivity index (χ4v) is 1.80. The molecule has 0 bridgehead atoms. The standard InChI is InChI=1S/C7H3F3N2OS/c8-7(9,10)6-11-4-2-1-3-12(13)5(4)14-6/h1-3H. The number of alkyl halides is 3. The first-order valence-corrected chi connectivity index (χ1v) is 4.36. The van der Waals surface area contributed by atoms with Crippen LogP contribution in [0.5, 0.6) is 0 Å². The number of nitrogens with zero attached hydrogens (tertiary/aromatic N) is 2. The van der Waals surface area contributed by atoms with Gasteiger partial charge in [0.25, 0.3) is 0 Å². The Balaban J connectivity index is 2.69. The molecule has 2 aromatic rings. The first kappa shape index (κ1) is 9.20. The summed E-state index contributed by atoms with van der Waals surface area (Å²) in [5.41, 5.74) is 0.0693. The number of rotatable bonds is 0. The first-order valence-electron chi connectivity index (χ1n) is 3.54. The van der Waals surface area contributed by atoms with Crippen LogP contribution in [0, 0.1) is 5.21 Å². The van der Waals surface area contributed by atoms with Gasteiger partial charge in [-0.2, -0.15) is 17.9 Å². The Morgan fingerprint density at radius 3 is 2.71 bits per heavy atom. The average Bonchev–Trinajstić information content (AvgIpc) is 2.48. The molecule has 0 amide bonds. The van der Waals surface area contributed by atoms with E-state index < -0.39 is 11.2 Å². The molecule has 0 saturated carbocycles. The van der Waals surface area contributed by atoms with Crippen molar-refractivity contribution in [2.45, 2.75) is 6.18 Å². The van der Waals surface area contributed by atoms with Crippen LogP contribution in [-0.4, -0.2) is 4.98 Å². The highest BCUT2D eigenvalue weighted by Crippen LogP contribution is 2.33. The molecule has 2 heterocycles. The number of pyridine rings is 1. The maximum atomic E-state index is 12.2. The van der Waals surface area contributed by atoms with E-state index in [9.17, 15) is 18.4 Å². The first-order chi connectivity index (χ1) is 6.48. The van der Waals surface area contributed by atoms with Crippen LogP contribution >= 0.6 is 11.3 Å². The number of fused-ring (bicyclic) bond motifs is 1. The Hall–Kier alpha value is -1.37. The predicted octanol–water partition coefficient (Wildman–Crippen LogP) is 1.95. The van der Waals surface area contributed by atoms with E-state index in [-0.39, 0.29) is 10.3 Å². The van der Waals surface area contributed by atoms with E-state index >= 15 is 0 Å². The van der Waals surface area contributed by atoms with Crippen molar-refractivity contribution in [3.05, 3.63) is 28.5 Å². The third-order valence-electron chi connectivity index (χ3n) is 1.55. The van der Waals surface area contributed by atoms with E-state index in [2.05, 4.69) is 4.98 Å². The molecular weight excluding hydrogens is 217 g/mol. The second-order valence-electron chi connectivity index (χ2n) is 2.54. The van der Waals surface area contributed by atoms with Crippen molar-refractivity contribution in [2.75, 3.05) is 0 Å². The number of thiazole rings is 1. The largest absolute Gasteiger partial charge is 0.618 e. The summed E-state index contributed by atoms with van der Waals surface area (Å²) in [4.78, 5) is 3.29. The van der Waals surface area contributed by atoms with Crippen LogP contribution in [0.1, 0.15) is 5.01 Å². The van der Waals surface area contributed by atoms with Gasteiger partial charge in [0.15, 0.2) is 6.20 Å². The van der Waals surface area contributed by atoms with E-state index in [1.54, 1.807) is 0 Å². The van der Waals surface area contributed by atoms with Crippen LogP contribution in [0.3, 0.4) is 0 Å². The van der Waals surface area contributed by atoms with Crippen molar-refractivity contribution in [3.8, 4) is 0 Å². The minimum atomic E-state index is -4.49. The van der Waals surface area contributed by atoms with Crippen LogP contribution in [0.25, 0.3) is 10.3 Å². The fraction of sp³-hybridized carbons (Fsp3) is 0.143. The summed E-state index contributed by atoms with van der Waals surface area (Å²) in [6, 6.07) is 2.73. The Labute approximate surface area is 80.0 Å². The van der Waals surface area contributed by atoms with Crippen LogP contribution in [-0.2, 0) is 6.18 Å². The molecule has 74 valence electrons. The molecule has 0 aromatic carbocycles. The topological polar surface area (TPSA) is 39.8 Å². The predicted molar refractivity (Wildman–Crippen MR) is 43.6 cm³/mol. The molecule has 0 atom stereocenters. The lowest BCUT2D eigenvalue weighted by Crippen LogP contribution is -2.24. The SMILES string of the molecule is [O-][n+]1cccc2nc(C(F)(F)F)sc21. The molecule has 0 aliphatic heterocycles. The second kappa shape index (κ2) is 2.81. The molecule has 0 saturated heterocycles. The lowest BCUT2D eigenvalue weighted by Gasteiger charge is -1.97. The third-order valence-corrected chi connectivity index (χ3v) is 2.65. The van der Waals surface area contributed by atoms with Crippen LogP contribution < -0.4 is 4.73 Å². The average molecular weight is 220 g/mol. The number of hydrogen-bond donors (Lipinski definition) is 0. The lowest BCUT2D eigenvalue weighted by molar-refractivity contribution is -0.574. The van der Waals surface area contributed by atoms with Crippen molar-refractivity contribution in [3.63, 3.8) is 0 Å². The molecule has 3 nitrogen and oxygen atoms in total. The van der Waals surface area contributed by atoms with Gasteiger partial charge in [-0.05, 0) is 17.4 Å². The molecule has 0 N–H and O–H groups in total. The van der Waals surface area contributed by atoms with Gasteiger partial charge < -0.3 is 5.21 Å². The summed E-state index contributed by atoms with van der Waals surface area (Å²) >= 11 is 0.345. The molecular formula is C7H3F3N2OS. The highest BCUT2D eigenvalue weighted by Gasteiger charge is 2.36. The smallest absolute Gasteiger partial charge is 0.443 e. The van der Waals surface area contributed by atoms with Crippen LogP contribution in [0.2, 0.25) is 0 Å². The van der Waals surface area contributed by atoms with Gasteiger partial charge in [-0.3, -0.25) is 0 Å². The summed E-state index contributed by atoms with van der Waals surface area (Å²) in [5, 5.41) is 10.0. The summed E-state index contributed by atoms with van der Waals surface area (Å²) in [6.45, 7) is 0. The minimum Gasteiger partial charge on any atom is -0.618 e. The van der Waals surface area contributed by atoms with Crippen molar-refractivity contribution >= 4 is 21.7 Å². The van der Waals surface area contributed by atoms with Gasteiger partial charge >= 0.3 is 11.0 Å². The minimum absolute atomic E-state index is 0.0279. The van der Waals surface area contributed by atoms with Crippen molar-refractivity contribution < 1.29 is 17.9 Å². The quantitative estimate of drug-likeness (QED) is 0.503. The lowest BCUT2D eigenvalue weighted by atomic mass is 10.4. The van der Waals surface area contributed by atoms with Crippen molar-refractivity contribution in [1.29, 1.82) is 0 Å². The van der Waals surface area contributed by atoms with E-state index in [0.29, 0.717) is 16.1 Å². The molecule has 0 unspecified atom stereocenters. The molecule has 0 aliphatic rings. The Morgan fingerprint density at radius 2 is 2.14 bits per heavy atom. The van der Waals surface area contributed by atoms with E-state index in [4.69, 9.17) is 0 Å². The maximum Gasteiger partial charge on any atom is 0.443 e. The maximum absolute atomic E-state index is 12.2. The van der Waals surface area contributed by atoms with Crippen LogP contribution in [0.4, 0.5) is 13.2 Å². The molecule has 0 aliphatic carbocycles. The van der Waals surface area contributed by atoms with Gasteiger partial charge in [0.1, 0.15) is 5.52 Å². The Morgan fingerprint density at radius 1 is 1.43 bits per heavy atom. The fourth-order valence-electron chi connectivity index (χ4n) is 0.992. The van der Waals surface area contributed by atoms with Gasteiger partial charge in [-0.1, -0.05) is 0 Å². The second-order valence-corrected chi connectivity index (χ2v) is 3.52. The summed E-state index contributed by atoms with van der Waals surface area (Å²) in [6.07, 6.45) is -3.35. The molecule has 14 heavy (non-hydrogen) atoms. The Kier molecular flexibility index (Phi) is 1.84. The van der Waals surface area contributed by atoms with E-state index in [1.165, 1.54) is 12.1 Å². The number of hydrogen-bond acceptors (Lipinski definition) is 3. The molecule has 0 fully saturated rings. The van der Waals surface area contributed by atoms with Crippen molar-refractivity contribution in [1.82, 2.24) is 4.98 Å². The van der Waals surface area contributed by atoms with Gasteiger partial charge in [0.05, 0.1) is 0 Å². The Bertz CT molecular complexity index is 479. The zero-order chi connectivity index (χ0) is 10.3. The third kappa shape index (κ3) is 1.39. The highest BCUT2D eigenvalue weighted by molar-refractivity contribution is 7.17. The monoisotopic (exact) mass is 220 g/mol. The van der Waals surface area contributed by atoms with Gasteiger partial charge in [-0.25, -0.2) is 4.98 Å². The zero-order valence-corrected chi connectivity index (χ0v) is 7.39. The normalized spacial score (nSPS) is 12.2. The van der Waals surface area contributed by atoms with Gasteiger partial charge in [-0.15, -0.1) is 0 Å². The molecule has 2 aromatic heterocycles. The number of aromatic nitrogens is 2. The van der Waals surface area contributed by atoms with Crippen LogP contribution in [0.15, 0.2) is 18.3 Å². The summed E-state index contributed by atoms with van der Waals surface area (Å²) in [7, 11) is 0. The molecule has 0 spiro atoms. The molecule has 2 rings (SSSR count). The summed E-state index contributed by atoms with van der Waals surface area (Å²) < 4.78 is 37.0. The van der Waals surface area contributed by atoms with Gasteiger partial charge in [0.2, 0.25) is 5.01 Å². The number of halogens is 3. The summed E-state index contributed by atoms with van der Waals surface area (Å²) in [5.74, 6) is 0. The van der Waals surface area contributed by atoms with Gasteiger partial charge in [0, 0.05) is 6.07 Å². The zero-order valence-electron chi connectivity index (χ0n) is 6.58. The molecule has 0 radical (unpaired) electrons. The highest BCUT2D eigenvalue weighted by atomic mass is 32.1. The van der Waals surface area contributed by atoms with Crippen molar-refractivity contribution in [2.24, 2.45) is 0 Å².